The summed E-state index contributed by atoms with van der Waals surface area (Å²) >= 11 is 5.30. The van der Waals surface area contributed by atoms with Crippen LogP contribution in [0.1, 0.15) is 19.4 Å². The summed E-state index contributed by atoms with van der Waals surface area (Å²) in [5.74, 6) is 0.505. The lowest BCUT2D eigenvalue weighted by Crippen LogP contribution is -2.05. The predicted octanol–water partition coefficient (Wildman–Crippen LogP) is 2.63. The van der Waals surface area contributed by atoms with Gasteiger partial charge in [0.25, 0.3) is 0 Å². The Labute approximate surface area is 104 Å². The van der Waals surface area contributed by atoms with E-state index in [-0.39, 0.29) is 6.04 Å². The Morgan fingerprint density at radius 3 is 3.06 bits per heavy atom. The van der Waals surface area contributed by atoms with Crippen LogP contribution < -0.4 is 4.74 Å². The maximum Gasteiger partial charge on any atom is 0.242 e. The van der Waals surface area contributed by atoms with Gasteiger partial charge in [0.2, 0.25) is 5.88 Å². The van der Waals surface area contributed by atoms with Gasteiger partial charge in [-0.25, -0.2) is 4.98 Å². The number of H-pyrrole nitrogens is 1. The molecule has 5 nitrogen and oxygen atoms in total. The fourth-order valence-corrected chi connectivity index (χ4v) is 2.19. The zero-order valence-corrected chi connectivity index (χ0v) is 10.6. The number of nitrogens with zero attached hydrogens (tertiary/aromatic N) is 3. The number of allylic oxidation sites excluding steroid dienone is 1. The van der Waals surface area contributed by atoms with Crippen LogP contribution in [0.15, 0.2) is 19.0 Å². The summed E-state index contributed by atoms with van der Waals surface area (Å²) in [6, 6.07) is 0.202. The highest BCUT2D eigenvalue weighted by atomic mass is 32.1. The van der Waals surface area contributed by atoms with Gasteiger partial charge in [-0.1, -0.05) is 6.08 Å². The zero-order valence-electron chi connectivity index (χ0n) is 9.80. The molecular formula is C11H14N4OS. The van der Waals surface area contributed by atoms with Crippen molar-refractivity contribution in [3.63, 3.8) is 0 Å². The van der Waals surface area contributed by atoms with Gasteiger partial charge in [0.05, 0.1) is 7.11 Å². The number of nitrogens with one attached hydrogen (secondary N) is 1. The number of hydrogen-bond donors (Lipinski definition) is 1. The number of methoxy groups -OCH3 is 1. The Morgan fingerprint density at radius 1 is 1.65 bits per heavy atom. The lowest BCUT2D eigenvalue weighted by Gasteiger charge is -2.11. The second-order valence-corrected chi connectivity index (χ2v) is 4.14. The molecule has 1 unspecified atom stereocenters. The molecule has 6 heteroatoms. The third-order valence-electron chi connectivity index (χ3n) is 2.61. The van der Waals surface area contributed by atoms with Gasteiger partial charge in [-0.2, -0.15) is 4.98 Å². The van der Waals surface area contributed by atoms with E-state index < -0.39 is 0 Å². The van der Waals surface area contributed by atoms with Crippen molar-refractivity contribution < 1.29 is 4.74 Å². The Morgan fingerprint density at radius 2 is 2.41 bits per heavy atom. The van der Waals surface area contributed by atoms with Crippen LogP contribution in [-0.4, -0.2) is 26.6 Å². The van der Waals surface area contributed by atoms with Crippen LogP contribution in [0.3, 0.4) is 0 Å². The van der Waals surface area contributed by atoms with E-state index in [1.165, 1.54) is 6.33 Å². The minimum Gasteiger partial charge on any atom is -0.479 e. The lowest BCUT2D eigenvalue weighted by molar-refractivity contribution is 0.401. The zero-order chi connectivity index (χ0) is 12.4. The molecule has 0 saturated carbocycles. The van der Waals surface area contributed by atoms with E-state index in [1.54, 1.807) is 7.11 Å². The van der Waals surface area contributed by atoms with E-state index in [0.29, 0.717) is 10.7 Å². The molecule has 0 aliphatic rings. The topological polar surface area (TPSA) is 55.7 Å². The minimum atomic E-state index is 0.202. The molecule has 0 saturated heterocycles. The second-order valence-electron chi connectivity index (χ2n) is 3.76. The Bertz CT molecular complexity index is 601. The molecule has 0 amide bonds. The van der Waals surface area contributed by atoms with Crippen LogP contribution in [0.25, 0.3) is 11.2 Å². The van der Waals surface area contributed by atoms with E-state index >= 15 is 0 Å². The second kappa shape index (κ2) is 4.67. The van der Waals surface area contributed by atoms with Crippen molar-refractivity contribution in [2.45, 2.75) is 19.4 Å². The summed E-state index contributed by atoms with van der Waals surface area (Å²) in [4.78, 5) is 11.4. The average molecular weight is 250 g/mol. The van der Waals surface area contributed by atoms with Crippen molar-refractivity contribution in [3.05, 3.63) is 23.8 Å². The number of fused-ring (bicyclic) bond motifs is 1. The van der Waals surface area contributed by atoms with Gasteiger partial charge in [0, 0.05) is 6.04 Å². The van der Waals surface area contributed by atoms with Gasteiger partial charge < -0.3 is 9.72 Å². The van der Waals surface area contributed by atoms with Crippen LogP contribution in [0.4, 0.5) is 0 Å². The normalized spacial score (nSPS) is 12.6. The van der Waals surface area contributed by atoms with E-state index in [9.17, 15) is 0 Å². The Kier molecular flexibility index (Phi) is 3.23. The SMILES string of the molecule is C=CCC(C)n1c(=S)[nH]c2c(OC)ncnc21. The van der Waals surface area contributed by atoms with Crippen LogP contribution >= 0.6 is 12.2 Å². The molecular weight excluding hydrogens is 236 g/mol. The number of imidazole rings is 1. The molecule has 1 atom stereocenters. The van der Waals surface area contributed by atoms with E-state index in [4.69, 9.17) is 17.0 Å². The van der Waals surface area contributed by atoms with Crippen molar-refractivity contribution in [1.82, 2.24) is 19.5 Å². The smallest absolute Gasteiger partial charge is 0.242 e. The molecule has 2 aromatic rings. The molecule has 0 aliphatic carbocycles. The van der Waals surface area contributed by atoms with Crippen LogP contribution in [0.2, 0.25) is 0 Å². The fraction of sp³-hybridized carbons (Fsp3) is 0.364. The largest absolute Gasteiger partial charge is 0.479 e. The first-order valence-corrected chi connectivity index (χ1v) is 5.70. The molecule has 0 bridgehead atoms. The highest BCUT2D eigenvalue weighted by Gasteiger charge is 2.14. The monoisotopic (exact) mass is 250 g/mol. The van der Waals surface area contributed by atoms with Crippen molar-refractivity contribution >= 4 is 23.4 Å². The third-order valence-corrected chi connectivity index (χ3v) is 2.91. The predicted molar refractivity (Wildman–Crippen MR) is 68.8 cm³/mol. The van der Waals surface area contributed by atoms with Crippen LogP contribution in [0.5, 0.6) is 5.88 Å². The molecule has 90 valence electrons. The molecule has 17 heavy (non-hydrogen) atoms. The molecule has 2 heterocycles. The van der Waals surface area contributed by atoms with Gasteiger partial charge in [0.15, 0.2) is 10.4 Å². The molecule has 0 radical (unpaired) electrons. The quantitative estimate of drug-likeness (QED) is 0.669. The molecule has 0 aliphatic heterocycles. The van der Waals surface area contributed by atoms with Gasteiger partial charge >= 0.3 is 0 Å². The summed E-state index contributed by atoms with van der Waals surface area (Å²) in [5.41, 5.74) is 1.49. The minimum absolute atomic E-state index is 0.202. The summed E-state index contributed by atoms with van der Waals surface area (Å²) in [6.45, 7) is 5.81. The number of aromatic nitrogens is 4. The van der Waals surface area contributed by atoms with Crippen molar-refractivity contribution in [3.8, 4) is 5.88 Å². The number of hydrogen-bond acceptors (Lipinski definition) is 4. The van der Waals surface area contributed by atoms with Gasteiger partial charge in [-0.05, 0) is 25.6 Å². The molecule has 0 spiro atoms. The summed E-state index contributed by atoms with van der Waals surface area (Å²) in [6.07, 6.45) is 4.16. The molecule has 0 aromatic carbocycles. The first-order chi connectivity index (χ1) is 8.19. The highest BCUT2D eigenvalue weighted by Crippen LogP contribution is 2.24. The van der Waals surface area contributed by atoms with Crippen molar-refractivity contribution in [2.24, 2.45) is 0 Å². The molecule has 2 aromatic heterocycles. The van der Waals surface area contributed by atoms with Gasteiger partial charge in [-0.15, -0.1) is 6.58 Å². The highest BCUT2D eigenvalue weighted by molar-refractivity contribution is 7.71. The fourth-order valence-electron chi connectivity index (χ4n) is 1.83. The van der Waals surface area contributed by atoms with Gasteiger partial charge in [-0.3, -0.25) is 4.57 Å². The van der Waals surface area contributed by atoms with Crippen LogP contribution in [0, 0.1) is 4.77 Å². The van der Waals surface area contributed by atoms with Crippen LogP contribution in [-0.2, 0) is 0 Å². The van der Waals surface area contributed by atoms with E-state index in [1.807, 2.05) is 10.6 Å². The van der Waals surface area contributed by atoms with Crippen molar-refractivity contribution in [2.75, 3.05) is 7.11 Å². The third kappa shape index (κ3) is 1.95. The first-order valence-electron chi connectivity index (χ1n) is 5.29. The Hall–Kier alpha value is -1.69. The lowest BCUT2D eigenvalue weighted by atomic mass is 10.2. The summed E-state index contributed by atoms with van der Waals surface area (Å²) in [5, 5.41) is 0. The van der Waals surface area contributed by atoms with Gasteiger partial charge in [0.1, 0.15) is 11.8 Å². The number of rotatable bonds is 4. The van der Waals surface area contributed by atoms with Crippen molar-refractivity contribution in [1.29, 1.82) is 0 Å². The maximum atomic E-state index is 5.30. The number of aromatic amines is 1. The standard InChI is InChI=1S/C11H14N4OS/c1-4-5-7(2)15-9-8(14-11(15)17)10(16-3)13-6-12-9/h4,6-7H,1,5H2,2-3H3,(H,14,17). The first kappa shape index (κ1) is 11.8. The molecule has 1 N–H and O–H groups in total. The Balaban J connectivity index is 2.68. The molecule has 2 rings (SSSR count). The maximum absolute atomic E-state index is 5.30. The van der Waals surface area contributed by atoms with E-state index in [2.05, 4.69) is 28.5 Å². The molecule has 0 fully saturated rings. The van der Waals surface area contributed by atoms with E-state index in [0.717, 1.165) is 17.6 Å². The number of ether oxygens (including phenoxy) is 1. The summed E-state index contributed by atoms with van der Waals surface area (Å²) < 4.78 is 7.75. The average Bonchev–Trinajstić information content (AvgIpc) is 2.65. The summed E-state index contributed by atoms with van der Waals surface area (Å²) in [7, 11) is 1.57.